The predicted octanol–water partition coefficient (Wildman–Crippen LogP) is -0.188. The van der Waals surface area contributed by atoms with E-state index in [0.717, 1.165) is 5.16 Å². The number of nitrogens with zero attached hydrogens (tertiary/aromatic N) is 7. The number of nitrogens with one attached hydrogen (secondary N) is 1. The second-order valence-corrected chi connectivity index (χ2v) is 8.30. The van der Waals surface area contributed by atoms with Crippen molar-refractivity contribution in [1.29, 1.82) is 0 Å². The second-order valence-electron chi connectivity index (χ2n) is 6.97. The van der Waals surface area contributed by atoms with Crippen molar-refractivity contribution in [2.24, 2.45) is 7.05 Å². The van der Waals surface area contributed by atoms with E-state index in [1.807, 2.05) is 18.5 Å². The minimum Gasteiger partial charge on any atom is -0.394 e. The van der Waals surface area contributed by atoms with Gasteiger partial charge in [-0.3, -0.25) is 4.57 Å². The highest BCUT2D eigenvalue weighted by molar-refractivity contribution is 7.99. The number of anilines is 1. The molecule has 4 N–H and O–H groups in total. The van der Waals surface area contributed by atoms with E-state index in [1.165, 1.54) is 22.7 Å². The molecule has 3 aromatic heterocycles. The number of aromatic nitrogens is 7. The van der Waals surface area contributed by atoms with Crippen LogP contribution < -0.4 is 5.32 Å². The summed E-state index contributed by atoms with van der Waals surface area (Å²) < 4.78 is 8.87. The first-order valence-electron chi connectivity index (χ1n) is 9.15. The highest BCUT2D eigenvalue weighted by Gasteiger charge is 2.44. The average molecular weight is 457 g/mol. The molecule has 0 saturated carbocycles. The Morgan fingerprint density at radius 1 is 1.30 bits per heavy atom. The first kappa shape index (κ1) is 21.2. The van der Waals surface area contributed by atoms with Gasteiger partial charge in [-0.15, -0.1) is 10.2 Å². The normalized spacial score (nSPS) is 25.1. The molecular weight excluding hydrogens is 436 g/mol. The van der Waals surface area contributed by atoms with Crippen LogP contribution in [0, 0.1) is 0 Å². The van der Waals surface area contributed by atoms with E-state index in [9.17, 15) is 15.3 Å². The van der Waals surface area contributed by atoms with Crippen molar-refractivity contribution in [3.05, 3.63) is 17.9 Å². The largest absolute Gasteiger partial charge is 0.394 e. The number of hydrogen-bond donors (Lipinski definition) is 4. The van der Waals surface area contributed by atoms with Gasteiger partial charge >= 0.3 is 0 Å². The molecule has 0 aromatic carbocycles. The molecule has 0 bridgehead atoms. The Hall–Kier alpha value is -2.03. The molecule has 12 nitrogen and oxygen atoms in total. The van der Waals surface area contributed by atoms with Gasteiger partial charge in [-0.05, 0) is 18.5 Å². The number of rotatable bonds is 7. The zero-order valence-corrected chi connectivity index (χ0v) is 17.7. The Morgan fingerprint density at radius 3 is 2.77 bits per heavy atom. The van der Waals surface area contributed by atoms with E-state index in [4.69, 9.17) is 16.3 Å². The molecule has 3 unspecified atom stereocenters. The van der Waals surface area contributed by atoms with Crippen molar-refractivity contribution in [2.45, 2.75) is 42.7 Å². The van der Waals surface area contributed by atoms with Crippen LogP contribution in [0.1, 0.15) is 13.2 Å². The van der Waals surface area contributed by atoms with Crippen LogP contribution in [-0.2, 0) is 11.8 Å². The standard InChI is InChI=1S/C16H21ClN8O4S/c1-7(4-30-16-23-19-6-24(16)2)20-12-9-13(22-15(17)21-12)25(5-18-9)14-11(28)10(27)8(3-26)29-14/h5-8,10-11,14,26-28H,3-4H2,1-2H3,(H,20,21,22)/t7?,8-,10?,11?,14-/m1/s1. The molecule has 1 aliphatic rings. The summed E-state index contributed by atoms with van der Waals surface area (Å²) in [5.74, 6) is 1.12. The van der Waals surface area contributed by atoms with Crippen molar-refractivity contribution >= 4 is 40.3 Å². The summed E-state index contributed by atoms with van der Waals surface area (Å²) in [5.41, 5.74) is 0.771. The van der Waals surface area contributed by atoms with E-state index in [2.05, 4.69) is 30.5 Å². The summed E-state index contributed by atoms with van der Waals surface area (Å²) in [6.07, 6.45) is -1.30. The molecule has 4 heterocycles. The summed E-state index contributed by atoms with van der Waals surface area (Å²) in [7, 11) is 1.87. The minimum absolute atomic E-state index is 0.00773. The van der Waals surface area contributed by atoms with Crippen LogP contribution in [0.3, 0.4) is 0 Å². The number of aliphatic hydroxyl groups is 3. The number of aliphatic hydroxyl groups excluding tert-OH is 3. The lowest BCUT2D eigenvalue weighted by molar-refractivity contribution is -0.0511. The van der Waals surface area contributed by atoms with Gasteiger partial charge in [0.05, 0.1) is 12.9 Å². The third-order valence-electron chi connectivity index (χ3n) is 4.70. The molecule has 4 rings (SSSR count). The van der Waals surface area contributed by atoms with Crippen molar-refractivity contribution in [3.8, 4) is 0 Å². The molecule has 162 valence electrons. The molecule has 0 amide bonds. The molecule has 1 fully saturated rings. The quantitative estimate of drug-likeness (QED) is 0.276. The van der Waals surface area contributed by atoms with Crippen LogP contribution in [0.25, 0.3) is 11.2 Å². The summed E-state index contributed by atoms with van der Waals surface area (Å²) in [5, 5.41) is 41.6. The summed E-state index contributed by atoms with van der Waals surface area (Å²) >= 11 is 7.66. The van der Waals surface area contributed by atoms with Crippen LogP contribution in [0.4, 0.5) is 5.82 Å². The minimum atomic E-state index is -1.26. The van der Waals surface area contributed by atoms with Gasteiger partial charge in [-0.2, -0.15) is 9.97 Å². The third kappa shape index (κ3) is 3.96. The molecule has 5 atom stereocenters. The Labute approximate surface area is 180 Å². The lowest BCUT2D eigenvalue weighted by atomic mass is 10.1. The highest BCUT2D eigenvalue weighted by atomic mass is 35.5. The van der Waals surface area contributed by atoms with Gasteiger partial charge in [0.2, 0.25) is 5.28 Å². The number of halogens is 1. The molecule has 30 heavy (non-hydrogen) atoms. The number of fused-ring (bicyclic) bond motifs is 1. The van der Waals surface area contributed by atoms with Crippen LogP contribution in [-0.4, -0.2) is 86.3 Å². The Bertz CT molecular complexity index is 1030. The lowest BCUT2D eigenvalue weighted by Crippen LogP contribution is -2.33. The van der Waals surface area contributed by atoms with E-state index < -0.39 is 31.1 Å². The van der Waals surface area contributed by atoms with Crippen molar-refractivity contribution < 1.29 is 20.1 Å². The van der Waals surface area contributed by atoms with Gasteiger partial charge in [0.1, 0.15) is 24.6 Å². The fourth-order valence-electron chi connectivity index (χ4n) is 3.16. The van der Waals surface area contributed by atoms with E-state index in [0.29, 0.717) is 22.7 Å². The monoisotopic (exact) mass is 456 g/mol. The van der Waals surface area contributed by atoms with Crippen molar-refractivity contribution in [1.82, 2.24) is 34.3 Å². The van der Waals surface area contributed by atoms with Gasteiger partial charge in [0.15, 0.2) is 28.4 Å². The van der Waals surface area contributed by atoms with Gasteiger partial charge in [0, 0.05) is 18.8 Å². The number of thioether (sulfide) groups is 1. The SMILES string of the molecule is CC(CSc1nncn1C)Nc1nc(Cl)nc2c1ncn2[C@@H]1O[C@H](CO)C(O)C1O. The lowest BCUT2D eigenvalue weighted by Gasteiger charge is -2.17. The van der Waals surface area contributed by atoms with Crippen molar-refractivity contribution in [3.63, 3.8) is 0 Å². The van der Waals surface area contributed by atoms with Crippen molar-refractivity contribution in [2.75, 3.05) is 17.7 Å². The van der Waals surface area contributed by atoms with Crippen LogP contribution in [0.5, 0.6) is 0 Å². The van der Waals surface area contributed by atoms with E-state index >= 15 is 0 Å². The topological polar surface area (TPSA) is 156 Å². The summed E-state index contributed by atoms with van der Waals surface area (Å²) in [4.78, 5) is 12.8. The molecule has 0 spiro atoms. The molecule has 0 aliphatic carbocycles. The Balaban J connectivity index is 1.56. The molecule has 14 heteroatoms. The molecule has 1 saturated heterocycles. The first-order chi connectivity index (χ1) is 14.4. The first-order valence-corrected chi connectivity index (χ1v) is 10.5. The maximum absolute atomic E-state index is 10.3. The summed E-state index contributed by atoms with van der Waals surface area (Å²) in [6, 6.07) is -0.0140. The van der Waals surface area contributed by atoms with Crippen LogP contribution in [0.2, 0.25) is 5.28 Å². The Morgan fingerprint density at radius 2 is 2.10 bits per heavy atom. The number of aryl methyl sites for hydroxylation is 1. The molecule has 0 radical (unpaired) electrons. The predicted molar refractivity (Wildman–Crippen MR) is 108 cm³/mol. The highest BCUT2D eigenvalue weighted by Crippen LogP contribution is 2.33. The maximum Gasteiger partial charge on any atom is 0.226 e. The Kier molecular flexibility index (Phi) is 6.09. The zero-order chi connectivity index (χ0) is 21.4. The van der Waals surface area contributed by atoms with E-state index in [-0.39, 0.29) is 11.3 Å². The fourth-order valence-corrected chi connectivity index (χ4v) is 4.17. The third-order valence-corrected chi connectivity index (χ3v) is 6.16. The molecular formula is C16H21ClN8O4S. The van der Waals surface area contributed by atoms with Gasteiger partial charge in [-0.25, -0.2) is 4.98 Å². The molecule has 1 aliphatic heterocycles. The number of imidazole rings is 1. The van der Waals surface area contributed by atoms with Gasteiger partial charge < -0.3 is 29.9 Å². The van der Waals surface area contributed by atoms with Crippen LogP contribution in [0.15, 0.2) is 17.8 Å². The number of hydrogen-bond acceptors (Lipinski definition) is 11. The fraction of sp³-hybridized carbons (Fsp3) is 0.562. The number of ether oxygens (including phenoxy) is 1. The second kappa shape index (κ2) is 8.61. The molecule has 3 aromatic rings. The van der Waals surface area contributed by atoms with E-state index in [1.54, 1.807) is 6.33 Å². The summed E-state index contributed by atoms with van der Waals surface area (Å²) in [6.45, 7) is 1.55. The van der Waals surface area contributed by atoms with Crippen LogP contribution >= 0.6 is 23.4 Å². The van der Waals surface area contributed by atoms with Gasteiger partial charge in [0.25, 0.3) is 0 Å². The maximum atomic E-state index is 10.3. The zero-order valence-electron chi connectivity index (χ0n) is 16.1. The van der Waals surface area contributed by atoms with Gasteiger partial charge in [-0.1, -0.05) is 11.8 Å². The average Bonchev–Trinajstić information content (AvgIpc) is 3.39. The smallest absolute Gasteiger partial charge is 0.226 e.